The molecular formula is C17H23N3O4. The zero-order valence-corrected chi connectivity index (χ0v) is 14.0. The Morgan fingerprint density at radius 2 is 2.17 bits per heavy atom. The van der Waals surface area contributed by atoms with E-state index in [1.54, 1.807) is 4.90 Å². The second-order valence-electron chi connectivity index (χ2n) is 6.39. The summed E-state index contributed by atoms with van der Waals surface area (Å²) in [6.45, 7) is 5.43. The SMILES string of the molecule is CC(C)C(=O)NCC1CCCN(C(=O)c2ccnc(C(=O)O)c2)C1. The Morgan fingerprint density at radius 3 is 2.83 bits per heavy atom. The molecule has 1 atom stereocenters. The largest absolute Gasteiger partial charge is 0.477 e. The van der Waals surface area contributed by atoms with E-state index >= 15 is 0 Å². The first-order chi connectivity index (χ1) is 11.4. The van der Waals surface area contributed by atoms with Gasteiger partial charge in [0, 0.05) is 37.3 Å². The third-order valence-electron chi connectivity index (χ3n) is 4.12. The number of rotatable bonds is 5. The summed E-state index contributed by atoms with van der Waals surface area (Å²) in [4.78, 5) is 40.7. The highest BCUT2D eigenvalue weighted by Gasteiger charge is 2.25. The first-order valence-corrected chi connectivity index (χ1v) is 8.14. The molecule has 1 aliphatic rings. The number of piperidine rings is 1. The van der Waals surface area contributed by atoms with Gasteiger partial charge in [0.2, 0.25) is 5.91 Å². The van der Waals surface area contributed by atoms with Gasteiger partial charge in [0.15, 0.2) is 0 Å². The maximum absolute atomic E-state index is 12.6. The van der Waals surface area contributed by atoms with Gasteiger partial charge in [0.25, 0.3) is 5.91 Å². The Labute approximate surface area is 141 Å². The highest BCUT2D eigenvalue weighted by Crippen LogP contribution is 2.18. The lowest BCUT2D eigenvalue weighted by atomic mass is 9.97. The summed E-state index contributed by atoms with van der Waals surface area (Å²) in [7, 11) is 0. The monoisotopic (exact) mass is 333 g/mol. The Bertz CT molecular complexity index is 630. The van der Waals surface area contributed by atoms with Gasteiger partial charge in [-0.05, 0) is 30.9 Å². The number of amides is 2. The molecule has 2 amide bonds. The molecule has 2 heterocycles. The zero-order valence-electron chi connectivity index (χ0n) is 14.0. The number of carboxylic acids is 1. The summed E-state index contributed by atoms with van der Waals surface area (Å²) in [5.41, 5.74) is 0.188. The van der Waals surface area contributed by atoms with E-state index in [2.05, 4.69) is 10.3 Å². The number of carbonyl (C=O) groups is 3. The highest BCUT2D eigenvalue weighted by molar-refractivity contribution is 5.96. The molecular weight excluding hydrogens is 310 g/mol. The van der Waals surface area contributed by atoms with Crippen molar-refractivity contribution in [3.63, 3.8) is 0 Å². The van der Waals surface area contributed by atoms with Crippen LogP contribution in [0.25, 0.3) is 0 Å². The molecule has 0 aliphatic carbocycles. The lowest BCUT2D eigenvalue weighted by Crippen LogP contribution is -2.44. The van der Waals surface area contributed by atoms with Crippen LogP contribution in [0.1, 0.15) is 47.5 Å². The fourth-order valence-electron chi connectivity index (χ4n) is 2.73. The van der Waals surface area contributed by atoms with Crippen LogP contribution in [0.15, 0.2) is 18.3 Å². The third-order valence-corrected chi connectivity index (χ3v) is 4.12. The van der Waals surface area contributed by atoms with E-state index in [-0.39, 0.29) is 29.3 Å². The van der Waals surface area contributed by atoms with Crippen molar-refractivity contribution in [2.24, 2.45) is 11.8 Å². The number of carboxylic acid groups (broad SMARTS) is 1. The quantitative estimate of drug-likeness (QED) is 0.848. The highest BCUT2D eigenvalue weighted by atomic mass is 16.4. The van der Waals surface area contributed by atoms with E-state index in [0.29, 0.717) is 25.2 Å². The fraction of sp³-hybridized carbons (Fsp3) is 0.529. The first kappa shape index (κ1) is 17.9. The van der Waals surface area contributed by atoms with Gasteiger partial charge < -0.3 is 15.3 Å². The number of hydrogen-bond acceptors (Lipinski definition) is 4. The minimum absolute atomic E-state index is 0.0127. The van der Waals surface area contributed by atoms with Crippen LogP contribution in [-0.4, -0.2) is 52.4 Å². The Morgan fingerprint density at radius 1 is 1.42 bits per heavy atom. The zero-order chi connectivity index (χ0) is 17.7. The summed E-state index contributed by atoms with van der Waals surface area (Å²) in [6, 6.07) is 2.83. The van der Waals surface area contributed by atoms with E-state index in [1.165, 1.54) is 18.3 Å². The maximum atomic E-state index is 12.6. The summed E-state index contributed by atoms with van der Waals surface area (Å²) in [5, 5.41) is 11.9. The van der Waals surface area contributed by atoms with Crippen LogP contribution in [-0.2, 0) is 4.79 Å². The Kier molecular flexibility index (Phi) is 5.89. The van der Waals surface area contributed by atoms with Gasteiger partial charge in [0.05, 0.1) is 0 Å². The number of aromatic nitrogens is 1. The van der Waals surface area contributed by atoms with E-state index in [0.717, 1.165) is 12.8 Å². The predicted molar refractivity (Wildman–Crippen MR) is 87.7 cm³/mol. The van der Waals surface area contributed by atoms with E-state index in [9.17, 15) is 14.4 Å². The molecule has 1 aromatic rings. The summed E-state index contributed by atoms with van der Waals surface area (Å²) in [6.07, 6.45) is 3.16. The topological polar surface area (TPSA) is 99.6 Å². The number of nitrogens with zero attached hydrogens (tertiary/aromatic N) is 2. The van der Waals surface area contributed by atoms with Crippen LogP contribution >= 0.6 is 0 Å². The fourth-order valence-corrected chi connectivity index (χ4v) is 2.73. The molecule has 7 heteroatoms. The van der Waals surface area contributed by atoms with Crippen LogP contribution in [0.3, 0.4) is 0 Å². The lowest BCUT2D eigenvalue weighted by Gasteiger charge is -2.33. The normalized spacial score (nSPS) is 17.6. The molecule has 2 rings (SSSR count). The van der Waals surface area contributed by atoms with E-state index in [1.807, 2.05) is 13.8 Å². The molecule has 0 aromatic carbocycles. The average Bonchev–Trinajstić information content (AvgIpc) is 2.59. The third kappa shape index (κ3) is 4.53. The molecule has 24 heavy (non-hydrogen) atoms. The van der Waals surface area contributed by atoms with Gasteiger partial charge in [-0.15, -0.1) is 0 Å². The van der Waals surface area contributed by atoms with Crippen LogP contribution in [0.4, 0.5) is 0 Å². The Balaban J connectivity index is 1.98. The molecule has 1 fully saturated rings. The van der Waals surface area contributed by atoms with Gasteiger partial charge in [-0.1, -0.05) is 13.8 Å². The van der Waals surface area contributed by atoms with Crippen molar-refractivity contribution in [3.8, 4) is 0 Å². The van der Waals surface area contributed by atoms with Gasteiger partial charge in [-0.25, -0.2) is 9.78 Å². The molecule has 1 aromatic heterocycles. The molecule has 0 spiro atoms. The van der Waals surface area contributed by atoms with Crippen molar-refractivity contribution in [2.45, 2.75) is 26.7 Å². The van der Waals surface area contributed by atoms with Crippen LogP contribution in [0.5, 0.6) is 0 Å². The van der Waals surface area contributed by atoms with E-state index < -0.39 is 5.97 Å². The first-order valence-electron chi connectivity index (χ1n) is 8.14. The summed E-state index contributed by atoms with van der Waals surface area (Å²) < 4.78 is 0. The van der Waals surface area contributed by atoms with Crippen molar-refractivity contribution in [2.75, 3.05) is 19.6 Å². The molecule has 2 N–H and O–H groups in total. The molecule has 0 bridgehead atoms. The number of likely N-dealkylation sites (tertiary alicyclic amines) is 1. The molecule has 7 nitrogen and oxygen atoms in total. The number of aromatic carboxylic acids is 1. The summed E-state index contributed by atoms with van der Waals surface area (Å²) in [5.74, 6) is -1.18. The van der Waals surface area contributed by atoms with Crippen molar-refractivity contribution >= 4 is 17.8 Å². The molecule has 1 unspecified atom stereocenters. The molecule has 0 saturated carbocycles. The second-order valence-corrected chi connectivity index (χ2v) is 6.39. The smallest absolute Gasteiger partial charge is 0.354 e. The minimum Gasteiger partial charge on any atom is -0.477 e. The Hall–Kier alpha value is -2.44. The average molecular weight is 333 g/mol. The maximum Gasteiger partial charge on any atom is 0.354 e. The molecule has 1 aliphatic heterocycles. The van der Waals surface area contributed by atoms with Crippen molar-refractivity contribution in [3.05, 3.63) is 29.6 Å². The number of pyridine rings is 1. The molecule has 1 saturated heterocycles. The molecule has 130 valence electrons. The standard InChI is InChI=1S/C17H23N3O4/c1-11(2)15(21)19-9-12-4-3-7-20(10-12)16(22)13-5-6-18-14(8-13)17(23)24/h5-6,8,11-12H,3-4,7,9-10H2,1-2H3,(H,19,21)(H,23,24). The van der Waals surface area contributed by atoms with Crippen LogP contribution < -0.4 is 5.32 Å². The number of carbonyl (C=O) groups excluding carboxylic acids is 2. The van der Waals surface area contributed by atoms with E-state index in [4.69, 9.17) is 5.11 Å². The van der Waals surface area contributed by atoms with Gasteiger partial charge >= 0.3 is 5.97 Å². The van der Waals surface area contributed by atoms with Crippen molar-refractivity contribution in [1.29, 1.82) is 0 Å². The summed E-state index contributed by atoms with van der Waals surface area (Å²) >= 11 is 0. The predicted octanol–water partition coefficient (Wildman–Crippen LogP) is 1.40. The van der Waals surface area contributed by atoms with Gasteiger partial charge in [-0.2, -0.15) is 0 Å². The van der Waals surface area contributed by atoms with Crippen molar-refractivity contribution < 1.29 is 19.5 Å². The van der Waals surface area contributed by atoms with Gasteiger partial charge in [0.1, 0.15) is 5.69 Å². The second kappa shape index (κ2) is 7.90. The number of hydrogen-bond donors (Lipinski definition) is 2. The molecule has 0 radical (unpaired) electrons. The number of nitrogens with one attached hydrogen (secondary N) is 1. The van der Waals surface area contributed by atoms with Crippen LogP contribution in [0, 0.1) is 11.8 Å². The minimum atomic E-state index is -1.16. The van der Waals surface area contributed by atoms with Gasteiger partial charge in [-0.3, -0.25) is 9.59 Å². The van der Waals surface area contributed by atoms with Crippen molar-refractivity contribution in [1.82, 2.24) is 15.2 Å². The van der Waals surface area contributed by atoms with Crippen LogP contribution in [0.2, 0.25) is 0 Å². The lowest BCUT2D eigenvalue weighted by molar-refractivity contribution is -0.124.